The van der Waals surface area contributed by atoms with E-state index in [1.165, 1.54) is 11.1 Å². The number of rotatable bonds is 6. The minimum absolute atomic E-state index is 0.469. The predicted molar refractivity (Wildman–Crippen MR) is 100 cm³/mol. The van der Waals surface area contributed by atoms with E-state index < -0.39 is 11.9 Å². The molecule has 0 atom stereocenters. The van der Waals surface area contributed by atoms with Gasteiger partial charge in [0.15, 0.2) is 0 Å². The molecule has 0 amide bonds. The van der Waals surface area contributed by atoms with Crippen LogP contribution >= 0.6 is 0 Å². The van der Waals surface area contributed by atoms with E-state index in [2.05, 4.69) is 13.8 Å². The smallest absolute Gasteiger partial charge is 0.346 e. The molecule has 0 spiro atoms. The van der Waals surface area contributed by atoms with Crippen molar-refractivity contribution in [1.82, 2.24) is 0 Å². The highest BCUT2D eigenvalue weighted by Crippen LogP contribution is 2.18. The third-order valence-corrected chi connectivity index (χ3v) is 4.54. The lowest BCUT2D eigenvalue weighted by Crippen LogP contribution is -2.16. The third kappa shape index (κ3) is 4.36. The molecular weight excluding hydrogens is 312 g/mol. The minimum Gasteiger partial charge on any atom is -0.386 e. The highest BCUT2D eigenvalue weighted by molar-refractivity contribution is 6.03. The first-order valence-electron chi connectivity index (χ1n) is 9.04. The summed E-state index contributed by atoms with van der Waals surface area (Å²) in [4.78, 5) is 25.0. The Morgan fingerprint density at radius 2 is 1.08 bits per heavy atom. The highest BCUT2D eigenvalue weighted by Gasteiger charge is 2.19. The van der Waals surface area contributed by atoms with Crippen LogP contribution in [0.3, 0.4) is 0 Å². The van der Waals surface area contributed by atoms with Gasteiger partial charge in [0, 0.05) is 0 Å². The summed E-state index contributed by atoms with van der Waals surface area (Å²) in [5.74, 6) is -1.16. The first-order chi connectivity index (χ1) is 12.0. The Hall–Kier alpha value is -2.42. The SMILES string of the molecule is CCc1ccc(C(=O)OC(=O)c2ccc(CC)cc2CC)c(CC)c1. The van der Waals surface area contributed by atoms with Crippen molar-refractivity contribution in [1.29, 1.82) is 0 Å². The Labute approximate surface area is 150 Å². The molecule has 0 bridgehead atoms. The molecule has 25 heavy (non-hydrogen) atoms. The number of hydrogen-bond acceptors (Lipinski definition) is 3. The second-order valence-electron chi connectivity index (χ2n) is 6.07. The summed E-state index contributed by atoms with van der Waals surface area (Å²) < 4.78 is 5.18. The van der Waals surface area contributed by atoms with E-state index >= 15 is 0 Å². The summed E-state index contributed by atoms with van der Waals surface area (Å²) in [5.41, 5.74) is 5.10. The number of carbonyl (C=O) groups excluding carboxylic acids is 2. The second kappa shape index (κ2) is 8.61. The Morgan fingerprint density at radius 3 is 1.40 bits per heavy atom. The van der Waals surface area contributed by atoms with Crippen molar-refractivity contribution in [2.24, 2.45) is 0 Å². The summed E-state index contributed by atoms with van der Waals surface area (Å²) >= 11 is 0. The average Bonchev–Trinajstić information content (AvgIpc) is 2.66. The van der Waals surface area contributed by atoms with E-state index in [-0.39, 0.29) is 0 Å². The van der Waals surface area contributed by atoms with Gasteiger partial charge >= 0.3 is 11.9 Å². The molecule has 132 valence electrons. The van der Waals surface area contributed by atoms with Crippen molar-refractivity contribution in [3.05, 3.63) is 69.8 Å². The van der Waals surface area contributed by atoms with Crippen LogP contribution in [0.1, 0.15) is 70.7 Å². The zero-order valence-electron chi connectivity index (χ0n) is 15.5. The van der Waals surface area contributed by atoms with E-state index in [0.29, 0.717) is 11.1 Å². The van der Waals surface area contributed by atoms with Crippen LogP contribution in [0.2, 0.25) is 0 Å². The van der Waals surface area contributed by atoms with Crippen LogP contribution in [-0.2, 0) is 30.4 Å². The van der Waals surface area contributed by atoms with E-state index in [1.807, 2.05) is 38.1 Å². The van der Waals surface area contributed by atoms with E-state index in [1.54, 1.807) is 12.1 Å². The maximum absolute atomic E-state index is 12.5. The Balaban J connectivity index is 2.25. The van der Waals surface area contributed by atoms with E-state index in [0.717, 1.165) is 36.8 Å². The molecule has 0 aliphatic heterocycles. The Morgan fingerprint density at radius 1 is 0.680 bits per heavy atom. The molecule has 0 aromatic heterocycles. The molecule has 2 rings (SSSR count). The fourth-order valence-electron chi connectivity index (χ4n) is 2.91. The van der Waals surface area contributed by atoms with Crippen molar-refractivity contribution in [2.45, 2.75) is 53.4 Å². The van der Waals surface area contributed by atoms with Crippen molar-refractivity contribution in [2.75, 3.05) is 0 Å². The maximum Gasteiger partial charge on any atom is 0.346 e. The maximum atomic E-state index is 12.5. The number of ether oxygens (including phenoxy) is 1. The normalized spacial score (nSPS) is 10.6. The Kier molecular flexibility index (Phi) is 6.51. The molecule has 0 saturated carbocycles. The van der Waals surface area contributed by atoms with Crippen LogP contribution in [0.15, 0.2) is 36.4 Å². The van der Waals surface area contributed by atoms with E-state index in [9.17, 15) is 9.59 Å². The van der Waals surface area contributed by atoms with Gasteiger partial charge in [0.1, 0.15) is 0 Å². The molecule has 0 heterocycles. The fourth-order valence-corrected chi connectivity index (χ4v) is 2.91. The van der Waals surface area contributed by atoms with Gasteiger partial charge in [-0.3, -0.25) is 0 Å². The standard InChI is InChI=1S/C22H26O3/c1-5-15-9-11-19(17(7-3)13-15)21(23)25-22(24)20-12-10-16(6-2)14-18(20)8-4/h9-14H,5-8H2,1-4H3. The quantitative estimate of drug-likeness (QED) is 0.554. The molecular formula is C22H26O3. The number of carbonyl (C=O) groups is 2. The minimum atomic E-state index is -0.578. The summed E-state index contributed by atoms with van der Waals surface area (Å²) in [7, 11) is 0. The number of hydrogen-bond donors (Lipinski definition) is 0. The summed E-state index contributed by atoms with van der Waals surface area (Å²) in [6.45, 7) is 8.13. The van der Waals surface area contributed by atoms with Gasteiger partial charge in [0.2, 0.25) is 0 Å². The van der Waals surface area contributed by atoms with Crippen LogP contribution < -0.4 is 0 Å². The molecule has 2 aromatic carbocycles. The molecule has 0 radical (unpaired) electrons. The molecule has 0 unspecified atom stereocenters. The first-order valence-corrected chi connectivity index (χ1v) is 9.04. The van der Waals surface area contributed by atoms with Gasteiger partial charge in [0.05, 0.1) is 11.1 Å². The van der Waals surface area contributed by atoms with Gasteiger partial charge in [-0.05, 0) is 60.1 Å². The van der Waals surface area contributed by atoms with Crippen LogP contribution in [-0.4, -0.2) is 11.9 Å². The summed E-state index contributed by atoms with van der Waals surface area (Å²) in [6, 6.07) is 11.4. The van der Waals surface area contributed by atoms with Gasteiger partial charge in [-0.1, -0.05) is 52.0 Å². The third-order valence-electron chi connectivity index (χ3n) is 4.54. The van der Waals surface area contributed by atoms with Crippen molar-refractivity contribution in [3.63, 3.8) is 0 Å². The zero-order valence-corrected chi connectivity index (χ0v) is 15.5. The van der Waals surface area contributed by atoms with Gasteiger partial charge in [-0.15, -0.1) is 0 Å². The second-order valence-corrected chi connectivity index (χ2v) is 6.07. The number of benzene rings is 2. The molecule has 0 aliphatic rings. The molecule has 2 aromatic rings. The van der Waals surface area contributed by atoms with Crippen LogP contribution in [0.5, 0.6) is 0 Å². The molecule has 0 saturated heterocycles. The lowest BCUT2D eigenvalue weighted by Gasteiger charge is -2.11. The molecule has 0 aliphatic carbocycles. The lowest BCUT2D eigenvalue weighted by molar-refractivity contribution is 0.0396. The van der Waals surface area contributed by atoms with Gasteiger partial charge < -0.3 is 4.74 Å². The first kappa shape index (κ1) is 18.9. The molecule has 3 heteroatoms. The molecule has 3 nitrogen and oxygen atoms in total. The molecule has 0 N–H and O–H groups in total. The van der Waals surface area contributed by atoms with Gasteiger partial charge in [-0.2, -0.15) is 0 Å². The van der Waals surface area contributed by atoms with Crippen LogP contribution in [0, 0.1) is 0 Å². The van der Waals surface area contributed by atoms with Gasteiger partial charge in [0.25, 0.3) is 0 Å². The topological polar surface area (TPSA) is 43.4 Å². The largest absolute Gasteiger partial charge is 0.386 e. The van der Waals surface area contributed by atoms with Crippen LogP contribution in [0.4, 0.5) is 0 Å². The number of esters is 2. The summed E-state index contributed by atoms with van der Waals surface area (Å²) in [5, 5.41) is 0. The molecule has 0 fully saturated rings. The highest BCUT2D eigenvalue weighted by atomic mass is 16.6. The van der Waals surface area contributed by atoms with Crippen molar-refractivity contribution < 1.29 is 14.3 Å². The van der Waals surface area contributed by atoms with Crippen molar-refractivity contribution >= 4 is 11.9 Å². The monoisotopic (exact) mass is 338 g/mol. The average molecular weight is 338 g/mol. The lowest BCUT2D eigenvalue weighted by atomic mass is 10.00. The fraction of sp³-hybridized carbons (Fsp3) is 0.364. The predicted octanol–water partition coefficient (Wildman–Crippen LogP) is 4.93. The van der Waals surface area contributed by atoms with Crippen molar-refractivity contribution in [3.8, 4) is 0 Å². The van der Waals surface area contributed by atoms with Gasteiger partial charge in [-0.25, -0.2) is 9.59 Å². The Bertz CT molecular complexity index is 709. The van der Waals surface area contributed by atoms with E-state index in [4.69, 9.17) is 4.74 Å². The zero-order chi connectivity index (χ0) is 18.4. The number of aryl methyl sites for hydroxylation is 4. The summed E-state index contributed by atoms with van der Waals surface area (Å²) in [6.07, 6.45) is 3.26. The van der Waals surface area contributed by atoms with Crippen LogP contribution in [0.25, 0.3) is 0 Å².